The fourth-order valence-corrected chi connectivity index (χ4v) is 3.49. The molecule has 0 bridgehead atoms. The molecule has 0 fully saturated rings. The van der Waals surface area contributed by atoms with Gasteiger partial charge >= 0.3 is 5.97 Å². The van der Waals surface area contributed by atoms with Crippen LogP contribution in [0.15, 0.2) is 46.7 Å². The molecule has 1 atom stereocenters. The van der Waals surface area contributed by atoms with Crippen LogP contribution in [0.3, 0.4) is 0 Å². The molecule has 2 aromatic rings. The van der Waals surface area contributed by atoms with Crippen LogP contribution in [0.5, 0.6) is 0 Å². The van der Waals surface area contributed by atoms with E-state index in [0.29, 0.717) is 5.02 Å². The highest BCUT2D eigenvalue weighted by Gasteiger charge is 2.19. The number of benzene rings is 1. The summed E-state index contributed by atoms with van der Waals surface area (Å²) in [5.74, 6) is -0.216. The first-order chi connectivity index (χ1) is 11.1. The third-order valence-corrected chi connectivity index (χ3v) is 5.25. The van der Waals surface area contributed by atoms with E-state index in [1.165, 1.54) is 30.2 Å². The van der Waals surface area contributed by atoms with Crippen molar-refractivity contribution in [2.24, 2.45) is 0 Å². The number of nitrogens with one attached hydrogen (secondary N) is 1. The molecule has 1 unspecified atom stereocenters. The molecule has 1 amide bonds. The summed E-state index contributed by atoms with van der Waals surface area (Å²) in [7, 11) is 1.34. The van der Waals surface area contributed by atoms with Gasteiger partial charge in [-0.3, -0.25) is 9.59 Å². The first kappa shape index (κ1) is 17.8. The molecule has 0 saturated heterocycles. The highest BCUT2D eigenvalue weighted by atomic mass is 35.5. The van der Waals surface area contributed by atoms with Crippen LogP contribution in [-0.4, -0.2) is 24.7 Å². The molecule has 1 aromatic heterocycles. The van der Waals surface area contributed by atoms with Crippen LogP contribution >= 0.6 is 34.7 Å². The lowest BCUT2D eigenvalue weighted by Gasteiger charge is -2.16. The molecule has 0 spiro atoms. The summed E-state index contributed by atoms with van der Waals surface area (Å²) in [4.78, 5) is 25.6. The fraction of sp³-hybridized carbons (Fsp3) is 0.250. The van der Waals surface area contributed by atoms with Gasteiger partial charge in [-0.25, -0.2) is 0 Å². The van der Waals surface area contributed by atoms with Crippen LogP contribution in [0.2, 0.25) is 5.02 Å². The van der Waals surface area contributed by atoms with Gasteiger partial charge in [-0.1, -0.05) is 17.7 Å². The number of methoxy groups -OCH3 is 1. The predicted molar refractivity (Wildman–Crippen MR) is 94.0 cm³/mol. The molecular weight excluding hydrogens is 354 g/mol. The Kier molecular flexibility index (Phi) is 6.95. The molecule has 0 saturated carbocycles. The summed E-state index contributed by atoms with van der Waals surface area (Å²) < 4.78 is 4.70. The van der Waals surface area contributed by atoms with E-state index in [0.717, 1.165) is 9.77 Å². The first-order valence-electron chi connectivity index (χ1n) is 6.86. The molecule has 4 nitrogen and oxygen atoms in total. The van der Waals surface area contributed by atoms with Gasteiger partial charge < -0.3 is 10.1 Å². The van der Waals surface area contributed by atoms with E-state index < -0.39 is 0 Å². The number of halogens is 1. The summed E-state index contributed by atoms with van der Waals surface area (Å²) in [5, 5.41) is 5.46. The van der Waals surface area contributed by atoms with Gasteiger partial charge in [-0.05, 0) is 35.7 Å². The zero-order valence-electron chi connectivity index (χ0n) is 12.5. The standard InChI is InChI=1S/C16H16ClNO3S2/c1-21-16(20)9-13(14-3-2-8-22-14)18-15(19)10-23-12-6-4-11(17)5-7-12/h2-8,13H,9-10H2,1H3,(H,18,19). The summed E-state index contributed by atoms with van der Waals surface area (Å²) >= 11 is 8.75. The topological polar surface area (TPSA) is 55.4 Å². The van der Waals surface area contributed by atoms with Crippen molar-refractivity contribution in [2.75, 3.05) is 12.9 Å². The Morgan fingerprint density at radius 3 is 2.65 bits per heavy atom. The number of thiophene rings is 1. The lowest BCUT2D eigenvalue weighted by Crippen LogP contribution is -2.31. The molecule has 122 valence electrons. The number of ether oxygens (including phenoxy) is 1. The van der Waals surface area contributed by atoms with Gasteiger partial charge in [0.15, 0.2) is 0 Å². The van der Waals surface area contributed by atoms with Crippen LogP contribution in [0.1, 0.15) is 17.3 Å². The van der Waals surface area contributed by atoms with E-state index in [4.69, 9.17) is 16.3 Å². The normalized spacial score (nSPS) is 11.7. The third kappa shape index (κ3) is 5.89. The highest BCUT2D eigenvalue weighted by Crippen LogP contribution is 2.24. The molecule has 7 heteroatoms. The summed E-state index contributed by atoms with van der Waals surface area (Å²) in [5.41, 5.74) is 0. The van der Waals surface area contributed by atoms with Gasteiger partial charge in [0.1, 0.15) is 0 Å². The Bertz CT molecular complexity index is 644. The van der Waals surface area contributed by atoms with Crippen molar-refractivity contribution in [3.05, 3.63) is 51.7 Å². The molecule has 0 aliphatic rings. The summed E-state index contributed by atoms with van der Waals surface area (Å²) in [6.07, 6.45) is 0.119. The largest absolute Gasteiger partial charge is 0.469 e. The van der Waals surface area contributed by atoms with Gasteiger partial charge in [0.25, 0.3) is 0 Å². The van der Waals surface area contributed by atoms with Crippen LogP contribution in [0.4, 0.5) is 0 Å². The van der Waals surface area contributed by atoms with Crippen molar-refractivity contribution in [1.82, 2.24) is 5.32 Å². The molecule has 23 heavy (non-hydrogen) atoms. The van der Waals surface area contributed by atoms with Crippen molar-refractivity contribution in [1.29, 1.82) is 0 Å². The van der Waals surface area contributed by atoms with Crippen LogP contribution < -0.4 is 5.32 Å². The summed E-state index contributed by atoms with van der Waals surface area (Å²) in [6, 6.07) is 10.7. The number of hydrogen-bond acceptors (Lipinski definition) is 5. The van der Waals surface area contributed by atoms with Crippen molar-refractivity contribution >= 4 is 46.6 Å². The Morgan fingerprint density at radius 1 is 1.30 bits per heavy atom. The Balaban J connectivity index is 1.91. The quantitative estimate of drug-likeness (QED) is 0.593. The lowest BCUT2D eigenvalue weighted by atomic mass is 10.1. The van der Waals surface area contributed by atoms with Gasteiger partial charge in [0.05, 0.1) is 25.3 Å². The average molecular weight is 370 g/mol. The zero-order valence-corrected chi connectivity index (χ0v) is 14.8. The number of rotatable bonds is 7. The van der Waals surface area contributed by atoms with Crippen molar-refractivity contribution in [2.45, 2.75) is 17.4 Å². The van der Waals surface area contributed by atoms with Gasteiger partial charge in [-0.2, -0.15) is 0 Å². The molecule has 2 rings (SSSR count). The highest BCUT2D eigenvalue weighted by molar-refractivity contribution is 8.00. The minimum absolute atomic E-state index is 0.119. The van der Waals surface area contributed by atoms with Crippen LogP contribution in [0.25, 0.3) is 0 Å². The number of thioether (sulfide) groups is 1. The fourth-order valence-electron chi connectivity index (χ4n) is 1.88. The van der Waals surface area contributed by atoms with Gasteiger partial charge in [0.2, 0.25) is 5.91 Å². The third-order valence-electron chi connectivity index (χ3n) is 3.00. The maximum Gasteiger partial charge on any atom is 0.307 e. The van der Waals surface area contributed by atoms with Crippen LogP contribution in [0, 0.1) is 0 Å². The minimum Gasteiger partial charge on any atom is -0.469 e. The number of amides is 1. The zero-order chi connectivity index (χ0) is 16.7. The predicted octanol–water partition coefficient (Wildman–Crippen LogP) is 3.91. The van der Waals surface area contributed by atoms with E-state index >= 15 is 0 Å². The van der Waals surface area contributed by atoms with E-state index in [9.17, 15) is 9.59 Å². The van der Waals surface area contributed by atoms with Crippen molar-refractivity contribution < 1.29 is 14.3 Å². The summed E-state index contributed by atoms with van der Waals surface area (Å²) in [6.45, 7) is 0. The second-order valence-corrected chi connectivity index (χ2v) is 7.12. The molecule has 0 radical (unpaired) electrons. The maximum atomic E-state index is 12.2. The maximum absolute atomic E-state index is 12.2. The molecule has 1 N–H and O–H groups in total. The number of esters is 1. The van der Waals surface area contributed by atoms with Crippen LogP contribution in [-0.2, 0) is 14.3 Å². The molecule has 1 aromatic carbocycles. The van der Waals surface area contributed by atoms with Crippen molar-refractivity contribution in [3.8, 4) is 0 Å². The molecule has 0 aliphatic carbocycles. The number of carbonyl (C=O) groups excluding carboxylic acids is 2. The lowest BCUT2D eigenvalue weighted by molar-refractivity contribution is -0.141. The second-order valence-electron chi connectivity index (χ2n) is 4.66. The number of carbonyl (C=O) groups is 2. The number of hydrogen-bond donors (Lipinski definition) is 1. The molecular formula is C16H16ClNO3S2. The molecule has 1 heterocycles. The van der Waals surface area contributed by atoms with Gasteiger partial charge in [0, 0.05) is 14.8 Å². The first-order valence-corrected chi connectivity index (χ1v) is 9.10. The van der Waals surface area contributed by atoms with E-state index in [1.807, 2.05) is 29.6 Å². The van der Waals surface area contributed by atoms with E-state index in [1.54, 1.807) is 12.1 Å². The monoisotopic (exact) mass is 369 g/mol. The smallest absolute Gasteiger partial charge is 0.307 e. The SMILES string of the molecule is COC(=O)CC(NC(=O)CSc1ccc(Cl)cc1)c1cccs1. The second kappa shape index (κ2) is 8.96. The van der Waals surface area contributed by atoms with E-state index in [-0.39, 0.29) is 30.1 Å². The van der Waals surface area contributed by atoms with Crippen molar-refractivity contribution in [3.63, 3.8) is 0 Å². The van der Waals surface area contributed by atoms with E-state index in [2.05, 4.69) is 5.32 Å². The minimum atomic E-state index is -0.360. The Morgan fingerprint density at radius 2 is 2.04 bits per heavy atom. The average Bonchev–Trinajstić information content (AvgIpc) is 3.08. The Hall–Kier alpha value is -1.50. The Labute approximate surface area is 148 Å². The molecule has 0 aliphatic heterocycles. The van der Waals surface area contributed by atoms with Gasteiger partial charge in [-0.15, -0.1) is 23.1 Å².